The number of amides is 2. The van der Waals surface area contributed by atoms with Crippen LogP contribution in [-0.4, -0.2) is 31.8 Å². The molecule has 0 aromatic heterocycles. The number of nitrogens with one attached hydrogen (secondary N) is 2. The lowest BCUT2D eigenvalue weighted by Crippen LogP contribution is -2.49. The van der Waals surface area contributed by atoms with Crippen LogP contribution >= 0.6 is 0 Å². The maximum Gasteiger partial charge on any atom is 0.315 e. The topological polar surface area (TPSA) is 50.4 Å². The van der Waals surface area contributed by atoms with E-state index in [2.05, 4.69) is 34.9 Å². The second kappa shape index (κ2) is 9.23. The number of benzene rings is 1. The fraction of sp³-hybridized carbons (Fsp3) is 0.667. The zero-order valence-corrected chi connectivity index (χ0v) is 15.3. The zero-order valence-electron chi connectivity index (χ0n) is 15.3. The Morgan fingerprint density at radius 1 is 1.00 bits per heavy atom. The van der Waals surface area contributed by atoms with E-state index >= 15 is 0 Å². The van der Waals surface area contributed by atoms with Gasteiger partial charge in [-0.25, -0.2) is 4.79 Å². The molecule has 2 aliphatic rings. The summed E-state index contributed by atoms with van der Waals surface area (Å²) < 4.78 is 5.57. The van der Waals surface area contributed by atoms with Gasteiger partial charge in [0.1, 0.15) is 0 Å². The Labute approximate surface area is 151 Å². The molecule has 1 aromatic carbocycles. The van der Waals surface area contributed by atoms with Gasteiger partial charge in [0, 0.05) is 31.2 Å². The molecule has 25 heavy (non-hydrogen) atoms. The molecule has 2 fully saturated rings. The van der Waals surface area contributed by atoms with E-state index in [1.54, 1.807) is 0 Å². The molecule has 1 aliphatic carbocycles. The minimum atomic E-state index is -0.00706. The van der Waals surface area contributed by atoms with Crippen molar-refractivity contribution in [2.45, 2.75) is 69.2 Å². The van der Waals surface area contributed by atoms with Gasteiger partial charge in [-0.1, -0.05) is 62.4 Å². The van der Waals surface area contributed by atoms with Crippen LogP contribution in [0.5, 0.6) is 0 Å². The van der Waals surface area contributed by atoms with Crippen molar-refractivity contribution in [2.24, 2.45) is 0 Å². The van der Waals surface area contributed by atoms with Gasteiger partial charge in [-0.3, -0.25) is 0 Å². The number of urea groups is 1. The Hall–Kier alpha value is -1.55. The first kappa shape index (κ1) is 18.2. The van der Waals surface area contributed by atoms with Crippen LogP contribution in [0.1, 0.15) is 63.4 Å². The van der Waals surface area contributed by atoms with E-state index in [4.69, 9.17) is 4.74 Å². The molecule has 0 spiro atoms. The average molecular weight is 344 g/mol. The minimum absolute atomic E-state index is 0.00220. The molecule has 2 N–H and O–H groups in total. The Kier molecular flexibility index (Phi) is 6.74. The SMILES string of the molecule is O=C(NCC1(c2ccccc2)CCOCC1)NC1CCCCCCC1. The average Bonchev–Trinajstić information content (AvgIpc) is 2.64. The lowest BCUT2D eigenvalue weighted by Gasteiger charge is -2.38. The zero-order chi connectivity index (χ0) is 17.4. The van der Waals surface area contributed by atoms with Crippen molar-refractivity contribution in [2.75, 3.05) is 19.8 Å². The van der Waals surface area contributed by atoms with Crippen molar-refractivity contribution in [3.8, 4) is 0 Å². The maximum absolute atomic E-state index is 12.5. The van der Waals surface area contributed by atoms with Crippen LogP contribution in [0.2, 0.25) is 0 Å². The monoisotopic (exact) mass is 344 g/mol. The smallest absolute Gasteiger partial charge is 0.315 e. The normalized spacial score (nSPS) is 21.8. The van der Waals surface area contributed by atoms with Crippen molar-refractivity contribution in [1.29, 1.82) is 0 Å². The van der Waals surface area contributed by atoms with Crippen LogP contribution in [0, 0.1) is 0 Å². The summed E-state index contributed by atoms with van der Waals surface area (Å²) >= 11 is 0. The minimum Gasteiger partial charge on any atom is -0.381 e. The molecule has 4 nitrogen and oxygen atoms in total. The van der Waals surface area contributed by atoms with Gasteiger partial charge in [0.25, 0.3) is 0 Å². The Bertz CT molecular complexity index is 518. The molecule has 138 valence electrons. The van der Waals surface area contributed by atoms with Gasteiger partial charge in [0.15, 0.2) is 0 Å². The summed E-state index contributed by atoms with van der Waals surface area (Å²) in [5.41, 5.74) is 1.31. The van der Waals surface area contributed by atoms with Crippen LogP contribution in [0.4, 0.5) is 4.79 Å². The van der Waals surface area contributed by atoms with Crippen molar-refractivity contribution in [3.05, 3.63) is 35.9 Å². The molecule has 0 bridgehead atoms. The number of hydrogen-bond acceptors (Lipinski definition) is 2. The predicted octanol–water partition coefficient (Wildman–Crippen LogP) is 4.15. The van der Waals surface area contributed by atoms with Gasteiger partial charge >= 0.3 is 6.03 Å². The van der Waals surface area contributed by atoms with Gasteiger partial charge < -0.3 is 15.4 Å². The largest absolute Gasteiger partial charge is 0.381 e. The lowest BCUT2D eigenvalue weighted by atomic mass is 9.74. The highest BCUT2D eigenvalue weighted by atomic mass is 16.5. The molecule has 1 aromatic rings. The number of rotatable bonds is 4. The second-order valence-electron chi connectivity index (χ2n) is 7.63. The van der Waals surface area contributed by atoms with Gasteiger partial charge in [-0.2, -0.15) is 0 Å². The fourth-order valence-electron chi connectivity index (χ4n) is 4.21. The van der Waals surface area contributed by atoms with E-state index in [1.807, 2.05) is 6.07 Å². The molecular weight excluding hydrogens is 312 g/mol. The van der Waals surface area contributed by atoms with Crippen LogP contribution in [0.3, 0.4) is 0 Å². The summed E-state index contributed by atoms with van der Waals surface area (Å²) in [5, 5.41) is 6.38. The number of ether oxygens (including phenoxy) is 1. The third-order valence-corrected chi connectivity index (χ3v) is 5.86. The molecule has 0 unspecified atom stereocenters. The fourth-order valence-corrected chi connectivity index (χ4v) is 4.21. The summed E-state index contributed by atoms with van der Waals surface area (Å²) in [6.45, 7) is 2.21. The van der Waals surface area contributed by atoms with E-state index in [-0.39, 0.29) is 11.4 Å². The summed E-state index contributed by atoms with van der Waals surface area (Å²) in [7, 11) is 0. The van der Waals surface area contributed by atoms with Gasteiger partial charge in [-0.05, 0) is 31.2 Å². The van der Waals surface area contributed by atoms with Gasteiger partial charge in [0.05, 0.1) is 0 Å². The summed E-state index contributed by atoms with van der Waals surface area (Å²) in [6, 6.07) is 10.9. The van der Waals surface area contributed by atoms with E-state index in [9.17, 15) is 4.79 Å². The molecule has 0 radical (unpaired) electrons. The van der Waals surface area contributed by atoms with E-state index in [0.29, 0.717) is 12.6 Å². The summed E-state index contributed by atoms with van der Waals surface area (Å²) in [6.07, 6.45) is 10.6. The van der Waals surface area contributed by atoms with Crippen molar-refractivity contribution in [1.82, 2.24) is 10.6 Å². The number of carbonyl (C=O) groups is 1. The molecule has 1 heterocycles. The van der Waals surface area contributed by atoms with Gasteiger partial charge in [0.2, 0.25) is 0 Å². The predicted molar refractivity (Wildman–Crippen MR) is 101 cm³/mol. The molecule has 0 atom stereocenters. The molecule has 1 aliphatic heterocycles. The Balaban J connectivity index is 1.56. The van der Waals surface area contributed by atoms with Crippen LogP contribution in [0.15, 0.2) is 30.3 Å². The first-order valence-corrected chi connectivity index (χ1v) is 9.96. The lowest BCUT2D eigenvalue weighted by molar-refractivity contribution is 0.0506. The van der Waals surface area contributed by atoms with E-state index < -0.39 is 0 Å². The number of hydrogen-bond donors (Lipinski definition) is 2. The Morgan fingerprint density at radius 3 is 2.32 bits per heavy atom. The molecular formula is C21H32N2O2. The first-order chi connectivity index (χ1) is 12.3. The van der Waals surface area contributed by atoms with Crippen molar-refractivity contribution < 1.29 is 9.53 Å². The molecule has 4 heteroatoms. The van der Waals surface area contributed by atoms with Crippen molar-refractivity contribution >= 4 is 6.03 Å². The third-order valence-electron chi connectivity index (χ3n) is 5.86. The molecule has 3 rings (SSSR count). The van der Waals surface area contributed by atoms with Crippen molar-refractivity contribution in [3.63, 3.8) is 0 Å². The standard InChI is InChI=1S/C21H32N2O2/c24-20(23-19-11-7-2-1-3-8-12-19)22-17-21(13-15-25-16-14-21)18-9-5-4-6-10-18/h4-6,9-10,19H,1-3,7-8,11-17H2,(H2,22,23,24). The highest BCUT2D eigenvalue weighted by Gasteiger charge is 2.34. The van der Waals surface area contributed by atoms with Crippen LogP contribution < -0.4 is 10.6 Å². The van der Waals surface area contributed by atoms with Crippen LogP contribution in [0.25, 0.3) is 0 Å². The molecule has 1 saturated heterocycles. The highest BCUT2D eigenvalue weighted by Crippen LogP contribution is 2.34. The number of carbonyl (C=O) groups excluding carboxylic acids is 1. The summed E-state index contributed by atoms with van der Waals surface area (Å²) in [5.74, 6) is 0. The molecule has 2 amide bonds. The van der Waals surface area contributed by atoms with Gasteiger partial charge in [-0.15, -0.1) is 0 Å². The maximum atomic E-state index is 12.5. The second-order valence-corrected chi connectivity index (χ2v) is 7.63. The Morgan fingerprint density at radius 2 is 1.64 bits per heavy atom. The van der Waals surface area contributed by atoms with E-state index in [0.717, 1.165) is 38.9 Å². The van der Waals surface area contributed by atoms with Crippen LogP contribution in [-0.2, 0) is 10.2 Å². The first-order valence-electron chi connectivity index (χ1n) is 9.96. The highest BCUT2D eigenvalue weighted by molar-refractivity contribution is 5.74. The summed E-state index contributed by atoms with van der Waals surface area (Å²) in [4.78, 5) is 12.5. The quantitative estimate of drug-likeness (QED) is 0.862. The molecule has 1 saturated carbocycles. The third kappa shape index (κ3) is 5.21. The van der Waals surface area contributed by atoms with E-state index in [1.165, 1.54) is 37.7 Å².